The first-order valence-corrected chi connectivity index (χ1v) is 38.9. The minimum atomic E-state index is -3.30. The summed E-state index contributed by atoms with van der Waals surface area (Å²) in [4.78, 5) is 91.1. The fraction of sp³-hybridized carbons (Fsp3) is 0.606. The second-order valence-corrected chi connectivity index (χ2v) is 31.9. The average Bonchev–Trinajstić information content (AvgIpc) is 1.66. The first-order chi connectivity index (χ1) is 47.2. The van der Waals surface area contributed by atoms with E-state index < -0.39 is 37.6 Å². The molecule has 29 nitrogen and oxygen atoms in total. The summed E-state index contributed by atoms with van der Waals surface area (Å²) >= 11 is 3.32. The van der Waals surface area contributed by atoms with Crippen LogP contribution in [0.15, 0.2) is 24.5 Å². The van der Waals surface area contributed by atoms with Gasteiger partial charge in [0.15, 0.2) is 19.7 Å². The number of anilines is 2. The minimum Gasteiger partial charge on any atom is -0.550 e. The molecule has 6 aromatic heterocycles. The molecule has 6 aromatic rings. The molecule has 0 spiro atoms. The zero-order valence-corrected chi connectivity index (χ0v) is 64.8. The summed E-state index contributed by atoms with van der Waals surface area (Å²) < 4.78 is 72.4. The van der Waals surface area contributed by atoms with Crippen molar-refractivity contribution in [3.8, 4) is 34.3 Å². The van der Waals surface area contributed by atoms with Crippen LogP contribution in [0.2, 0.25) is 0 Å². The van der Waals surface area contributed by atoms with Crippen LogP contribution >= 0.6 is 22.7 Å². The summed E-state index contributed by atoms with van der Waals surface area (Å²) in [5.41, 5.74) is 8.19. The number of pyridine rings is 2. The number of methoxy groups -OCH3 is 2. The van der Waals surface area contributed by atoms with Gasteiger partial charge in [-0.05, 0) is 97.6 Å². The van der Waals surface area contributed by atoms with Crippen molar-refractivity contribution in [2.45, 2.75) is 129 Å². The van der Waals surface area contributed by atoms with Crippen LogP contribution < -0.4 is 59.3 Å². The second kappa shape index (κ2) is 40.0. The van der Waals surface area contributed by atoms with Crippen LogP contribution in [0.5, 0.6) is 11.8 Å². The molecule has 6 fully saturated rings. The molecule has 0 saturated carbocycles. The number of nitrogens with zero attached hydrogens (tertiary/aromatic N) is 11. The van der Waals surface area contributed by atoms with Crippen LogP contribution in [0, 0.1) is 13.8 Å². The van der Waals surface area contributed by atoms with Crippen molar-refractivity contribution in [3.05, 3.63) is 56.5 Å². The van der Waals surface area contributed by atoms with Gasteiger partial charge in [0.1, 0.15) is 5.78 Å². The van der Waals surface area contributed by atoms with Gasteiger partial charge < -0.3 is 54.2 Å². The van der Waals surface area contributed by atoms with Crippen molar-refractivity contribution in [1.82, 2.24) is 49.9 Å². The number of Topliss-reactive ketones (excluding diaryl/α,β-unsaturated/α-hetero) is 1. The van der Waals surface area contributed by atoms with Crippen LogP contribution in [0.1, 0.15) is 104 Å². The molecule has 12 heterocycles. The number of piperidine rings is 2. The number of morpholine rings is 2. The summed E-state index contributed by atoms with van der Waals surface area (Å²) in [6, 6.07) is 4.92. The van der Waals surface area contributed by atoms with Crippen molar-refractivity contribution in [1.29, 1.82) is 0 Å². The summed E-state index contributed by atoms with van der Waals surface area (Å²) in [6.07, 6.45) is 13.8. The molecule has 35 heteroatoms. The fourth-order valence-electron chi connectivity index (χ4n) is 12.6. The molecule has 6 aliphatic heterocycles. The number of hydrogen-bond donors (Lipinski definition) is 3. The maximum absolute atomic E-state index is 12.2. The molecule has 6 aliphatic rings. The normalized spacial score (nSPS) is 18.5. The summed E-state index contributed by atoms with van der Waals surface area (Å²) in [5, 5.41) is 30.4. The number of aromatic nitrogens is 6. The van der Waals surface area contributed by atoms with E-state index in [0.717, 1.165) is 152 Å². The molecule has 12 rings (SSSR count). The van der Waals surface area contributed by atoms with Crippen molar-refractivity contribution in [2.24, 2.45) is 0 Å². The largest absolute Gasteiger partial charge is 1.00 e. The second-order valence-electron chi connectivity index (χ2n) is 25.2. The number of aliphatic hydroxyl groups is 2. The zero-order valence-electron chi connectivity index (χ0n) is 59.5. The van der Waals surface area contributed by atoms with Crippen molar-refractivity contribution in [3.63, 3.8) is 0 Å². The average molecular weight is 1490 g/mol. The SMILES string of the molecule is CC(=O)OOC(C)=O.CC(=O)[O-].COc1ncc(-c2nc(N3CCOCC3)nc3c(CN4CCC(=O)CC4)c(C)sc23)cc1CS(C)(=O)=O.COc1ncc(-c2nc(N3CCOCC3)nc3c(CN4CCC(N5CCC[C@H]5CO)CC4)c(C)sc23)cc1CS(C)(=O)=O.OC[C@@H]1CCCN1.[B].[Na+]. The van der Waals surface area contributed by atoms with E-state index in [2.05, 4.69) is 63.4 Å². The number of thiophene rings is 2. The van der Waals surface area contributed by atoms with Crippen LogP contribution in [0.25, 0.3) is 42.9 Å². The number of aryl methyl sites for hydroxylation is 2. The summed E-state index contributed by atoms with van der Waals surface area (Å²) in [6.45, 7) is 20.6. The van der Waals surface area contributed by atoms with E-state index in [-0.39, 0.29) is 62.0 Å². The molecule has 101 heavy (non-hydrogen) atoms. The summed E-state index contributed by atoms with van der Waals surface area (Å²) in [7, 11) is -3.62. The molecule has 3 radical (unpaired) electrons. The number of aliphatic carboxylic acids is 1. The number of sulfone groups is 2. The van der Waals surface area contributed by atoms with Gasteiger partial charge >= 0.3 is 41.5 Å². The first kappa shape index (κ1) is 84.2. The van der Waals surface area contributed by atoms with Gasteiger partial charge in [-0.2, -0.15) is 0 Å². The Morgan fingerprint density at radius 2 is 1.08 bits per heavy atom. The fourth-order valence-corrected chi connectivity index (χ4v) is 16.4. The third-order valence-electron chi connectivity index (χ3n) is 17.3. The van der Waals surface area contributed by atoms with E-state index in [1.807, 2.05) is 12.1 Å². The third kappa shape index (κ3) is 24.7. The maximum atomic E-state index is 12.2. The van der Waals surface area contributed by atoms with Crippen molar-refractivity contribution >= 4 is 107 Å². The van der Waals surface area contributed by atoms with E-state index in [1.165, 1.54) is 50.0 Å². The van der Waals surface area contributed by atoms with E-state index in [4.69, 9.17) is 53.9 Å². The molecule has 0 aromatic carbocycles. The molecule has 547 valence electrons. The Morgan fingerprint density at radius 3 is 1.45 bits per heavy atom. The maximum Gasteiger partial charge on any atom is 1.00 e. The Hall–Kier alpha value is -5.70. The first-order valence-electron chi connectivity index (χ1n) is 33.1. The topological polar surface area (TPSA) is 361 Å². The van der Waals surface area contributed by atoms with E-state index in [1.54, 1.807) is 35.1 Å². The quantitative estimate of drug-likeness (QED) is 0.0640. The molecule has 6 saturated heterocycles. The van der Waals surface area contributed by atoms with Crippen molar-refractivity contribution in [2.75, 3.05) is 142 Å². The smallest absolute Gasteiger partial charge is 0.550 e. The van der Waals surface area contributed by atoms with Crippen LogP contribution in [0.3, 0.4) is 0 Å². The Labute approximate surface area is 623 Å². The molecule has 0 bridgehead atoms. The molecule has 0 aliphatic carbocycles. The van der Waals surface area contributed by atoms with Crippen molar-refractivity contribution < 1.29 is 110 Å². The molecular formula is C66H93BN12NaO17S4. The number of fused-ring (bicyclic) bond motifs is 2. The zero-order chi connectivity index (χ0) is 71.6. The van der Waals surface area contributed by atoms with Gasteiger partial charge in [0.05, 0.1) is 97.2 Å². The Morgan fingerprint density at radius 1 is 0.644 bits per heavy atom. The number of aliphatic hydroxyl groups excluding tert-OH is 2. The number of carboxylic acid groups (broad SMARTS) is 1. The Kier molecular flexibility index (Phi) is 33.3. The number of nitrogens with one attached hydrogen (secondary N) is 1. The van der Waals surface area contributed by atoms with E-state index in [9.17, 15) is 36.3 Å². The third-order valence-corrected chi connectivity index (χ3v) is 21.3. The monoisotopic (exact) mass is 1490 g/mol. The molecule has 0 amide bonds. The molecule has 2 atom stereocenters. The van der Waals surface area contributed by atoms with Crippen LogP contribution in [-0.2, 0) is 82.7 Å². The minimum absolute atomic E-state index is 0. The molecule has 0 unspecified atom stereocenters. The Balaban J connectivity index is 0.000000250. The number of rotatable bonds is 17. The number of likely N-dealkylation sites (tertiary alicyclic amines) is 3. The van der Waals surface area contributed by atoms with Crippen LogP contribution in [0.4, 0.5) is 11.9 Å². The van der Waals surface area contributed by atoms with Gasteiger partial charge in [-0.25, -0.2) is 66.1 Å². The number of carbonyl (C=O) groups is 4. The Bertz CT molecular complexity index is 3950. The predicted molar refractivity (Wildman–Crippen MR) is 380 cm³/mol. The van der Waals surface area contributed by atoms with Gasteiger partial charge in [0.25, 0.3) is 0 Å². The summed E-state index contributed by atoms with van der Waals surface area (Å²) in [5.74, 6) is -0.506. The molecule has 3 N–H and O–H groups in total. The predicted octanol–water partition coefficient (Wildman–Crippen LogP) is 0.627. The van der Waals surface area contributed by atoms with E-state index >= 15 is 0 Å². The van der Waals surface area contributed by atoms with Gasteiger partial charge in [-0.3, -0.25) is 19.5 Å². The van der Waals surface area contributed by atoms with Gasteiger partial charge in [-0.15, -0.1) is 22.7 Å². The number of carbonyl (C=O) groups excluding carboxylic acids is 4. The number of ketones is 1. The van der Waals surface area contributed by atoms with Gasteiger partial charge in [0, 0.05) is 180 Å². The number of hydrogen-bond acceptors (Lipinski definition) is 31. The van der Waals surface area contributed by atoms with E-state index in [0.29, 0.717) is 125 Å². The number of ether oxygens (including phenoxy) is 4. The number of carboxylic acids is 1. The van der Waals surface area contributed by atoms with Gasteiger partial charge in [-0.1, -0.05) is 0 Å². The van der Waals surface area contributed by atoms with Gasteiger partial charge in [0.2, 0.25) is 23.7 Å². The molecular weight excluding hydrogens is 1390 g/mol. The standard InChI is InChI=1S/C30H42N6O5S2.C25H31N5O5S2.C5H11NO.C4H6O4.C2H4O2.B.Na/c1-20-25(17-34-9-6-23(7-10-34)36-8-4-5-24(36)18-37)27-28(42-20)26(32-30(33-27)35-11-13-41-14-12-35)21-15-22(19-43(3,38)39)29(40-2)31-16-21;1-16-20(14-29-6-4-19(31)5-7-29)22-23(36-16)21(27-25(28-22)30-8-10-35-11-9-30)17-12-18(15-37(3,32)33)24(34-2)26-13-17;7-4-5-2-1-3-6-5;1-3(5)7-8-4(2)6;1-2(3)4;;/h15-16,23-24,37H,4-14,17-19H2,1-3H3;12-13H,4-11,14-15H2,1-3H3;5-7H,1-4H2;1-2H3;1H3,(H,3,4);;/q;;;;;;+1/p-1/t24-;;5-;;;;/m0.0..../s1. The van der Waals surface area contributed by atoms with Crippen LogP contribution in [-0.4, -0.2) is 254 Å².